The third kappa shape index (κ3) is 2.37. The molecule has 0 bridgehead atoms. The van der Waals surface area contributed by atoms with E-state index in [1.54, 1.807) is 22.9 Å². The van der Waals surface area contributed by atoms with E-state index in [1.165, 1.54) is 0 Å². The molecule has 0 unspecified atom stereocenters. The maximum Gasteiger partial charge on any atom is 0.276 e. The molecule has 1 N–H and O–H groups in total. The summed E-state index contributed by atoms with van der Waals surface area (Å²) in [5.74, 6) is 1.60. The number of nitrogens with one attached hydrogen (secondary N) is 1. The monoisotopic (exact) mass is 343 g/mol. The van der Waals surface area contributed by atoms with E-state index in [-0.39, 0.29) is 18.4 Å². The van der Waals surface area contributed by atoms with Gasteiger partial charge in [0.15, 0.2) is 5.82 Å². The van der Waals surface area contributed by atoms with Crippen LogP contribution < -0.4 is 5.32 Å². The first-order chi connectivity index (χ1) is 11.5. The van der Waals surface area contributed by atoms with Crippen LogP contribution in [0.1, 0.15) is 25.6 Å². The van der Waals surface area contributed by atoms with Gasteiger partial charge >= 0.3 is 0 Å². The standard InChI is InChI=1S/C16H14ClN5O2/c1-8(2)14-20-16(24-21-14)12-6-18-15-10-4-3-9(17)5-11(10)19-13(23)7-22(12)15/h3-6,8H,7H2,1-2H3,(H,19,23). The van der Waals surface area contributed by atoms with Gasteiger partial charge in [0.25, 0.3) is 5.89 Å². The van der Waals surface area contributed by atoms with E-state index in [1.807, 2.05) is 19.9 Å². The van der Waals surface area contributed by atoms with Crippen LogP contribution >= 0.6 is 11.6 Å². The molecule has 3 aromatic rings. The number of halogens is 1. The SMILES string of the molecule is CC(C)c1noc(-c2cnc3n2CC(=O)Nc2cc(Cl)ccc2-3)n1. The fourth-order valence-electron chi connectivity index (χ4n) is 2.64. The average Bonchev–Trinajstić information content (AvgIpc) is 3.12. The molecular weight excluding hydrogens is 330 g/mol. The number of rotatable bonds is 2. The highest BCUT2D eigenvalue weighted by molar-refractivity contribution is 6.31. The molecule has 3 heterocycles. The fourth-order valence-corrected chi connectivity index (χ4v) is 2.82. The number of imidazole rings is 1. The quantitative estimate of drug-likeness (QED) is 0.771. The second-order valence-corrected chi connectivity index (χ2v) is 6.34. The van der Waals surface area contributed by atoms with E-state index in [9.17, 15) is 4.79 Å². The number of hydrogen-bond donors (Lipinski definition) is 1. The van der Waals surface area contributed by atoms with Crippen LogP contribution in [0.4, 0.5) is 5.69 Å². The molecule has 122 valence electrons. The van der Waals surface area contributed by atoms with Gasteiger partial charge in [0.05, 0.1) is 11.9 Å². The zero-order chi connectivity index (χ0) is 16.8. The lowest BCUT2D eigenvalue weighted by atomic mass is 10.1. The number of carbonyl (C=O) groups excluding carboxylic acids is 1. The van der Waals surface area contributed by atoms with Crippen molar-refractivity contribution in [3.63, 3.8) is 0 Å². The number of hydrogen-bond acceptors (Lipinski definition) is 5. The summed E-state index contributed by atoms with van der Waals surface area (Å²) in [6.07, 6.45) is 1.64. The maximum absolute atomic E-state index is 12.2. The van der Waals surface area contributed by atoms with Crippen LogP contribution in [0.15, 0.2) is 28.9 Å². The molecule has 1 aliphatic heterocycles. The highest BCUT2D eigenvalue weighted by Crippen LogP contribution is 2.34. The van der Waals surface area contributed by atoms with E-state index in [0.29, 0.717) is 33.9 Å². The topological polar surface area (TPSA) is 85.8 Å². The Hall–Kier alpha value is -2.67. The second kappa shape index (κ2) is 5.45. The summed E-state index contributed by atoms with van der Waals surface area (Å²) in [6, 6.07) is 5.31. The molecule has 0 spiro atoms. The van der Waals surface area contributed by atoms with Crippen LogP contribution in [-0.2, 0) is 11.3 Å². The van der Waals surface area contributed by atoms with Crippen LogP contribution in [0.2, 0.25) is 5.02 Å². The Bertz CT molecular complexity index is 944. The molecule has 24 heavy (non-hydrogen) atoms. The number of anilines is 1. The molecule has 8 heteroatoms. The van der Waals surface area contributed by atoms with Gasteiger partial charge in [0.2, 0.25) is 5.91 Å². The van der Waals surface area contributed by atoms with Gasteiger partial charge < -0.3 is 14.4 Å². The Morgan fingerprint density at radius 3 is 2.96 bits per heavy atom. The van der Waals surface area contributed by atoms with Gasteiger partial charge in [-0.05, 0) is 18.2 Å². The summed E-state index contributed by atoms with van der Waals surface area (Å²) in [7, 11) is 0. The van der Waals surface area contributed by atoms with Crippen LogP contribution in [0.3, 0.4) is 0 Å². The lowest BCUT2D eigenvalue weighted by Crippen LogP contribution is -2.17. The molecule has 1 amide bonds. The van der Waals surface area contributed by atoms with E-state index in [2.05, 4.69) is 20.4 Å². The number of carbonyl (C=O) groups is 1. The van der Waals surface area contributed by atoms with E-state index in [0.717, 1.165) is 5.56 Å². The van der Waals surface area contributed by atoms with Gasteiger partial charge in [-0.2, -0.15) is 4.98 Å². The lowest BCUT2D eigenvalue weighted by molar-refractivity contribution is -0.116. The van der Waals surface area contributed by atoms with Gasteiger partial charge in [-0.15, -0.1) is 0 Å². The van der Waals surface area contributed by atoms with Gasteiger partial charge in [0, 0.05) is 16.5 Å². The first-order valence-corrected chi connectivity index (χ1v) is 7.90. The molecule has 1 aromatic carbocycles. The number of nitrogens with zero attached hydrogens (tertiary/aromatic N) is 4. The minimum absolute atomic E-state index is 0.107. The third-order valence-corrected chi connectivity index (χ3v) is 4.07. The zero-order valence-electron chi connectivity index (χ0n) is 13.1. The maximum atomic E-state index is 12.2. The molecule has 0 aliphatic carbocycles. The second-order valence-electron chi connectivity index (χ2n) is 5.90. The largest absolute Gasteiger partial charge is 0.332 e. The van der Waals surface area contributed by atoms with E-state index in [4.69, 9.17) is 16.1 Å². The van der Waals surface area contributed by atoms with Crippen molar-refractivity contribution in [2.45, 2.75) is 26.3 Å². The van der Waals surface area contributed by atoms with Crippen LogP contribution in [0, 0.1) is 0 Å². The molecule has 0 radical (unpaired) electrons. The predicted molar refractivity (Wildman–Crippen MR) is 88.7 cm³/mol. The van der Waals surface area contributed by atoms with Crippen molar-refractivity contribution < 1.29 is 9.32 Å². The first-order valence-electron chi connectivity index (χ1n) is 7.52. The highest BCUT2D eigenvalue weighted by Gasteiger charge is 2.25. The molecule has 0 fully saturated rings. The predicted octanol–water partition coefficient (Wildman–Crippen LogP) is 3.33. The van der Waals surface area contributed by atoms with Gasteiger partial charge in [0.1, 0.15) is 18.1 Å². The molecule has 0 saturated carbocycles. The van der Waals surface area contributed by atoms with Crippen molar-refractivity contribution in [2.75, 3.05) is 5.32 Å². The molecule has 0 saturated heterocycles. The molecule has 1 aliphatic rings. The Balaban J connectivity index is 1.87. The van der Waals surface area contributed by atoms with E-state index < -0.39 is 0 Å². The Morgan fingerprint density at radius 1 is 1.38 bits per heavy atom. The Labute approximate surface area is 142 Å². The normalized spacial score (nSPS) is 13.4. The summed E-state index contributed by atoms with van der Waals surface area (Å²) in [4.78, 5) is 21.1. The molecule has 4 rings (SSSR count). The summed E-state index contributed by atoms with van der Waals surface area (Å²) < 4.78 is 7.12. The number of fused-ring (bicyclic) bond motifs is 3. The lowest BCUT2D eigenvalue weighted by Gasteiger charge is -2.06. The van der Waals surface area contributed by atoms with Crippen molar-refractivity contribution in [1.82, 2.24) is 19.7 Å². The number of aromatic nitrogens is 4. The van der Waals surface area contributed by atoms with Crippen molar-refractivity contribution >= 4 is 23.2 Å². The smallest absolute Gasteiger partial charge is 0.276 e. The van der Waals surface area contributed by atoms with Crippen LogP contribution in [-0.4, -0.2) is 25.6 Å². The van der Waals surface area contributed by atoms with Crippen molar-refractivity contribution in [3.05, 3.63) is 35.2 Å². The summed E-state index contributed by atoms with van der Waals surface area (Å²) in [6.45, 7) is 4.08. The van der Waals surface area contributed by atoms with Crippen LogP contribution in [0.25, 0.3) is 23.0 Å². The summed E-state index contributed by atoms with van der Waals surface area (Å²) in [5.41, 5.74) is 2.04. The van der Waals surface area contributed by atoms with Crippen molar-refractivity contribution in [2.24, 2.45) is 0 Å². The van der Waals surface area contributed by atoms with E-state index >= 15 is 0 Å². The minimum Gasteiger partial charge on any atom is -0.332 e. The molecule has 2 aromatic heterocycles. The Morgan fingerprint density at radius 2 is 2.21 bits per heavy atom. The van der Waals surface area contributed by atoms with Gasteiger partial charge in [-0.25, -0.2) is 4.98 Å². The number of benzene rings is 1. The number of amides is 1. The molecule has 0 atom stereocenters. The Kier molecular flexibility index (Phi) is 3.38. The van der Waals surface area contributed by atoms with Crippen molar-refractivity contribution in [1.29, 1.82) is 0 Å². The highest BCUT2D eigenvalue weighted by atomic mass is 35.5. The molecule has 7 nitrogen and oxygen atoms in total. The first kappa shape index (κ1) is 14.9. The fraction of sp³-hybridized carbons (Fsp3) is 0.250. The molecular formula is C16H14ClN5O2. The van der Waals surface area contributed by atoms with Gasteiger partial charge in [-0.1, -0.05) is 30.6 Å². The van der Waals surface area contributed by atoms with Crippen molar-refractivity contribution in [3.8, 4) is 23.0 Å². The van der Waals surface area contributed by atoms with Crippen LogP contribution in [0.5, 0.6) is 0 Å². The summed E-state index contributed by atoms with van der Waals surface area (Å²) >= 11 is 6.03. The zero-order valence-corrected chi connectivity index (χ0v) is 13.8. The average molecular weight is 344 g/mol. The third-order valence-electron chi connectivity index (χ3n) is 3.83. The summed E-state index contributed by atoms with van der Waals surface area (Å²) in [5, 5.41) is 7.37. The van der Waals surface area contributed by atoms with Gasteiger partial charge in [-0.3, -0.25) is 4.79 Å². The minimum atomic E-state index is -0.167.